The van der Waals surface area contributed by atoms with Crippen molar-refractivity contribution in [1.82, 2.24) is 15.1 Å². The summed E-state index contributed by atoms with van der Waals surface area (Å²) >= 11 is 0. The summed E-state index contributed by atoms with van der Waals surface area (Å²) in [5, 5.41) is 9.33. The second-order valence-electron chi connectivity index (χ2n) is 6.08. The summed E-state index contributed by atoms with van der Waals surface area (Å²) < 4.78 is 28.2. The molecule has 0 fully saturated rings. The largest absolute Gasteiger partial charge is 0.351 e. The van der Waals surface area contributed by atoms with Crippen molar-refractivity contribution in [2.75, 3.05) is 11.9 Å². The molecular weight excluding hydrogens is 366 g/mol. The van der Waals surface area contributed by atoms with Crippen LogP contribution in [0.5, 0.6) is 0 Å². The van der Waals surface area contributed by atoms with E-state index in [-0.39, 0.29) is 24.4 Å². The van der Waals surface area contributed by atoms with Crippen LogP contribution in [0.3, 0.4) is 0 Å². The highest BCUT2D eigenvalue weighted by Gasteiger charge is 2.12. The van der Waals surface area contributed by atoms with E-state index in [4.69, 9.17) is 0 Å². The minimum absolute atomic E-state index is 0.0118. The zero-order chi connectivity index (χ0) is 19.9. The van der Waals surface area contributed by atoms with Gasteiger partial charge in [0.2, 0.25) is 5.91 Å². The molecule has 0 aliphatic rings. The first kappa shape index (κ1) is 19.2. The molecule has 0 saturated carbocycles. The predicted molar refractivity (Wildman–Crippen MR) is 99.7 cm³/mol. The van der Waals surface area contributed by atoms with Crippen molar-refractivity contribution in [2.24, 2.45) is 0 Å². The average molecular weight is 384 g/mol. The van der Waals surface area contributed by atoms with E-state index in [9.17, 15) is 18.4 Å². The van der Waals surface area contributed by atoms with Gasteiger partial charge in [0.25, 0.3) is 5.91 Å². The lowest BCUT2D eigenvalue weighted by atomic mass is 10.2. The van der Waals surface area contributed by atoms with Gasteiger partial charge in [-0.2, -0.15) is 5.10 Å². The number of hydrogen-bond donors (Lipinski definition) is 2. The Morgan fingerprint density at radius 1 is 1.07 bits per heavy atom. The summed E-state index contributed by atoms with van der Waals surface area (Å²) in [6.45, 7) is 0.602. The molecule has 1 aromatic heterocycles. The molecule has 0 unspecified atom stereocenters. The highest BCUT2D eigenvalue weighted by molar-refractivity contribution is 5.95. The predicted octanol–water partition coefficient (Wildman–Crippen LogP) is 2.97. The second-order valence-corrected chi connectivity index (χ2v) is 6.08. The first-order valence-corrected chi connectivity index (χ1v) is 8.61. The number of carbonyl (C=O) groups is 2. The number of rotatable bonds is 7. The molecule has 0 radical (unpaired) electrons. The van der Waals surface area contributed by atoms with Gasteiger partial charge in [-0.25, -0.2) is 8.78 Å². The minimum atomic E-state index is -0.948. The third-order valence-corrected chi connectivity index (χ3v) is 3.93. The normalized spacial score (nSPS) is 10.5. The molecule has 28 heavy (non-hydrogen) atoms. The molecule has 0 aliphatic carbocycles. The lowest BCUT2D eigenvalue weighted by Crippen LogP contribution is -2.28. The Labute approximate surface area is 160 Å². The number of carbonyl (C=O) groups excluding carboxylic acids is 2. The van der Waals surface area contributed by atoms with Gasteiger partial charge in [-0.05, 0) is 35.9 Å². The van der Waals surface area contributed by atoms with Crippen LogP contribution in [0.2, 0.25) is 0 Å². The maximum absolute atomic E-state index is 13.6. The van der Waals surface area contributed by atoms with Crippen LogP contribution in [0.15, 0.2) is 60.9 Å². The molecule has 8 heteroatoms. The van der Waals surface area contributed by atoms with Crippen molar-refractivity contribution < 1.29 is 18.4 Å². The maximum atomic E-state index is 13.6. The molecule has 0 aliphatic heterocycles. The summed E-state index contributed by atoms with van der Waals surface area (Å²) in [4.78, 5) is 24.0. The minimum Gasteiger partial charge on any atom is -0.351 e. The highest BCUT2D eigenvalue weighted by Crippen LogP contribution is 2.12. The van der Waals surface area contributed by atoms with E-state index >= 15 is 0 Å². The van der Waals surface area contributed by atoms with Crippen LogP contribution < -0.4 is 10.6 Å². The van der Waals surface area contributed by atoms with Crippen LogP contribution in [0.1, 0.15) is 22.3 Å². The fourth-order valence-electron chi connectivity index (χ4n) is 2.61. The number of benzene rings is 2. The third-order valence-electron chi connectivity index (χ3n) is 3.93. The number of hydrogen-bond acceptors (Lipinski definition) is 3. The third kappa shape index (κ3) is 5.23. The molecule has 2 N–H and O–H groups in total. The van der Waals surface area contributed by atoms with E-state index in [1.165, 1.54) is 0 Å². The van der Waals surface area contributed by atoms with Crippen LogP contribution in [-0.4, -0.2) is 28.1 Å². The van der Waals surface area contributed by atoms with Crippen LogP contribution in [0.25, 0.3) is 0 Å². The number of nitrogens with one attached hydrogen (secondary N) is 2. The Bertz CT molecular complexity index is 974. The average Bonchev–Trinajstić information content (AvgIpc) is 3.15. The molecule has 3 aromatic rings. The van der Waals surface area contributed by atoms with Crippen molar-refractivity contribution >= 4 is 17.5 Å². The van der Waals surface area contributed by atoms with Crippen LogP contribution in [-0.2, 0) is 11.3 Å². The van der Waals surface area contributed by atoms with Gasteiger partial charge in [0.15, 0.2) is 0 Å². The van der Waals surface area contributed by atoms with Crippen LogP contribution in [0.4, 0.5) is 14.5 Å². The fourth-order valence-corrected chi connectivity index (χ4v) is 2.61. The van der Waals surface area contributed by atoms with Gasteiger partial charge < -0.3 is 10.6 Å². The Morgan fingerprint density at radius 3 is 2.68 bits per heavy atom. The van der Waals surface area contributed by atoms with Gasteiger partial charge in [-0.3, -0.25) is 14.3 Å². The maximum Gasteiger partial charge on any atom is 0.254 e. The molecule has 0 spiro atoms. The zero-order valence-corrected chi connectivity index (χ0v) is 14.9. The Hall–Kier alpha value is -3.55. The topological polar surface area (TPSA) is 76.0 Å². The molecule has 6 nitrogen and oxygen atoms in total. The number of nitrogens with zero attached hydrogens (tertiary/aromatic N) is 2. The van der Waals surface area contributed by atoms with E-state index in [0.717, 1.165) is 17.7 Å². The lowest BCUT2D eigenvalue weighted by Gasteiger charge is -2.09. The van der Waals surface area contributed by atoms with Crippen molar-refractivity contribution in [2.45, 2.75) is 13.0 Å². The summed E-state index contributed by atoms with van der Waals surface area (Å²) in [7, 11) is 0. The van der Waals surface area contributed by atoms with Crippen molar-refractivity contribution in [3.8, 4) is 0 Å². The van der Waals surface area contributed by atoms with Crippen LogP contribution in [0, 0.1) is 11.6 Å². The fraction of sp³-hybridized carbons (Fsp3) is 0.150. The molecule has 1 heterocycles. The quantitative estimate of drug-likeness (QED) is 0.658. The Balaban J connectivity index is 1.48. The van der Waals surface area contributed by atoms with E-state index in [1.807, 2.05) is 30.5 Å². The van der Waals surface area contributed by atoms with Crippen molar-refractivity contribution in [3.63, 3.8) is 0 Å². The zero-order valence-electron chi connectivity index (χ0n) is 14.9. The SMILES string of the molecule is O=C(CCNC(=O)c1ccc(F)cc1F)Nc1cccc(Cn2cccn2)c1. The smallest absolute Gasteiger partial charge is 0.254 e. The van der Waals surface area contributed by atoms with Crippen LogP contribution >= 0.6 is 0 Å². The molecule has 2 aromatic carbocycles. The van der Waals surface area contributed by atoms with Gasteiger partial charge in [0.1, 0.15) is 11.6 Å². The number of amides is 2. The first-order valence-electron chi connectivity index (χ1n) is 8.61. The van der Waals surface area contributed by atoms with Gasteiger partial charge in [0.05, 0.1) is 12.1 Å². The number of aromatic nitrogens is 2. The van der Waals surface area contributed by atoms with Crippen molar-refractivity contribution in [3.05, 3.63) is 83.7 Å². The number of halogens is 2. The summed E-state index contributed by atoms with van der Waals surface area (Å²) in [6.07, 6.45) is 3.55. The standard InChI is InChI=1S/C20H18F2N4O2/c21-15-5-6-17(18(22)12-15)20(28)23-9-7-19(27)25-16-4-1-3-14(11-16)13-26-10-2-8-24-26/h1-6,8,10-12H,7,9,13H2,(H,23,28)(H,25,27). The van der Waals surface area contributed by atoms with E-state index < -0.39 is 17.5 Å². The molecule has 2 amide bonds. The first-order chi connectivity index (χ1) is 13.5. The summed E-state index contributed by atoms with van der Waals surface area (Å²) in [6, 6.07) is 11.9. The van der Waals surface area contributed by atoms with Gasteiger partial charge in [-0.15, -0.1) is 0 Å². The lowest BCUT2D eigenvalue weighted by molar-refractivity contribution is -0.116. The number of anilines is 1. The van der Waals surface area contributed by atoms with E-state index in [0.29, 0.717) is 18.3 Å². The van der Waals surface area contributed by atoms with Gasteiger partial charge in [-0.1, -0.05) is 12.1 Å². The second kappa shape index (κ2) is 8.90. The van der Waals surface area contributed by atoms with E-state index in [1.54, 1.807) is 16.9 Å². The summed E-state index contributed by atoms with van der Waals surface area (Å²) in [5.74, 6) is -2.71. The summed E-state index contributed by atoms with van der Waals surface area (Å²) in [5.41, 5.74) is 1.33. The monoisotopic (exact) mass is 384 g/mol. The Kier molecular flexibility index (Phi) is 6.11. The van der Waals surface area contributed by atoms with Gasteiger partial charge in [0, 0.05) is 37.1 Å². The Morgan fingerprint density at radius 2 is 1.93 bits per heavy atom. The van der Waals surface area contributed by atoms with Crippen molar-refractivity contribution in [1.29, 1.82) is 0 Å². The van der Waals surface area contributed by atoms with Gasteiger partial charge >= 0.3 is 0 Å². The molecule has 144 valence electrons. The highest BCUT2D eigenvalue weighted by atomic mass is 19.1. The molecular formula is C20H18F2N4O2. The molecule has 0 bridgehead atoms. The molecule has 0 atom stereocenters. The van der Waals surface area contributed by atoms with E-state index in [2.05, 4.69) is 15.7 Å². The molecule has 3 rings (SSSR count). The molecule has 0 saturated heterocycles.